The van der Waals surface area contributed by atoms with E-state index in [-0.39, 0.29) is 11.6 Å². The van der Waals surface area contributed by atoms with Crippen molar-refractivity contribution in [1.82, 2.24) is 0 Å². The summed E-state index contributed by atoms with van der Waals surface area (Å²) in [6.45, 7) is 4.22. The minimum Gasteiger partial charge on any atom is -0.464 e. The van der Waals surface area contributed by atoms with Crippen molar-refractivity contribution in [3.8, 4) is 0 Å². The molecule has 0 bridgehead atoms. The minimum atomic E-state index is -0.618. The Hall–Kier alpha value is -1.39. The van der Waals surface area contributed by atoms with Crippen LogP contribution in [-0.2, 0) is 20.7 Å². The second-order valence-corrected chi connectivity index (χ2v) is 5.18. The van der Waals surface area contributed by atoms with Gasteiger partial charge in [0, 0.05) is 13.5 Å². The van der Waals surface area contributed by atoms with E-state index in [4.69, 9.17) is 15.2 Å². The summed E-state index contributed by atoms with van der Waals surface area (Å²) in [7, 11) is 1.64. The highest BCUT2D eigenvalue weighted by atomic mass is 16.5. The zero-order valence-electron chi connectivity index (χ0n) is 11.9. The lowest BCUT2D eigenvalue weighted by atomic mass is 10.1. The molecule has 2 N–H and O–H groups in total. The number of hydrogen-bond donors (Lipinski definition) is 1. The van der Waals surface area contributed by atoms with Gasteiger partial charge in [0.05, 0.1) is 12.2 Å². The van der Waals surface area contributed by atoms with Crippen molar-refractivity contribution >= 4 is 5.97 Å². The molecule has 1 atom stereocenters. The van der Waals surface area contributed by atoms with E-state index >= 15 is 0 Å². The van der Waals surface area contributed by atoms with Crippen LogP contribution in [-0.4, -0.2) is 31.3 Å². The number of benzene rings is 1. The van der Waals surface area contributed by atoms with E-state index in [9.17, 15) is 4.79 Å². The SMILES string of the molecule is COC(C)(C)CCOC(=O)[C@@H](N)Cc1ccccc1. The predicted octanol–water partition coefficient (Wildman–Crippen LogP) is 1.91. The Morgan fingerprint density at radius 3 is 2.53 bits per heavy atom. The first-order chi connectivity index (χ1) is 8.94. The first kappa shape index (κ1) is 15.7. The number of ether oxygens (including phenoxy) is 2. The predicted molar refractivity (Wildman–Crippen MR) is 74.8 cm³/mol. The molecule has 1 rings (SSSR count). The summed E-state index contributed by atoms with van der Waals surface area (Å²) in [5.74, 6) is -0.365. The summed E-state index contributed by atoms with van der Waals surface area (Å²) < 4.78 is 10.4. The maximum Gasteiger partial charge on any atom is 0.323 e. The average Bonchev–Trinajstić information content (AvgIpc) is 2.39. The monoisotopic (exact) mass is 265 g/mol. The van der Waals surface area contributed by atoms with Gasteiger partial charge in [-0.25, -0.2) is 0 Å². The van der Waals surface area contributed by atoms with Gasteiger partial charge >= 0.3 is 5.97 Å². The standard InChI is InChI=1S/C15H23NO3/c1-15(2,18-3)9-10-19-14(17)13(16)11-12-7-5-4-6-8-12/h4-8,13H,9-11,16H2,1-3H3/t13-/m0/s1. The normalized spacial score (nSPS) is 13.1. The lowest BCUT2D eigenvalue weighted by molar-refractivity contribution is -0.146. The first-order valence-corrected chi connectivity index (χ1v) is 6.46. The molecule has 0 heterocycles. The minimum absolute atomic E-state index is 0.288. The lowest BCUT2D eigenvalue weighted by Crippen LogP contribution is -2.35. The van der Waals surface area contributed by atoms with Gasteiger partial charge < -0.3 is 15.2 Å². The van der Waals surface area contributed by atoms with Crippen LogP contribution in [0.4, 0.5) is 0 Å². The van der Waals surface area contributed by atoms with E-state index in [2.05, 4.69) is 0 Å². The van der Waals surface area contributed by atoms with Crippen LogP contribution in [0, 0.1) is 0 Å². The zero-order chi connectivity index (χ0) is 14.3. The van der Waals surface area contributed by atoms with Crippen molar-refractivity contribution in [2.24, 2.45) is 5.73 Å². The summed E-state index contributed by atoms with van der Waals surface area (Å²) in [5.41, 5.74) is 6.57. The number of carbonyl (C=O) groups is 1. The van der Waals surface area contributed by atoms with Crippen molar-refractivity contribution in [2.75, 3.05) is 13.7 Å². The van der Waals surface area contributed by atoms with E-state index in [0.717, 1.165) is 5.56 Å². The van der Waals surface area contributed by atoms with Gasteiger partial charge in [-0.1, -0.05) is 30.3 Å². The molecule has 1 aromatic rings. The molecule has 0 saturated heterocycles. The smallest absolute Gasteiger partial charge is 0.323 e. The highest BCUT2D eigenvalue weighted by Gasteiger charge is 2.19. The van der Waals surface area contributed by atoms with E-state index in [1.807, 2.05) is 44.2 Å². The maximum absolute atomic E-state index is 11.7. The first-order valence-electron chi connectivity index (χ1n) is 6.46. The molecule has 0 saturated carbocycles. The quantitative estimate of drug-likeness (QED) is 0.765. The number of esters is 1. The number of rotatable bonds is 7. The lowest BCUT2D eigenvalue weighted by Gasteiger charge is -2.22. The Bertz CT molecular complexity index is 390. The number of carbonyl (C=O) groups excluding carboxylic acids is 1. The van der Waals surface area contributed by atoms with E-state index in [1.165, 1.54) is 0 Å². The maximum atomic E-state index is 11.7. The van der Waals surface area contributed by atoms with Crippen LogP contribution in [0.25, 0.3) is 0 Å². The van der Waals surface area contributed by atoms with Crippen molar-refractivity contribution in [3.63, 3.8) is 0 Å². The van der Waals surface area contributed by atoms with Gasteiger partial charge in [-0.15, -0.1) is 0 Å². The fourth-order valence-corrected chi connectivity index (χ4v) is 1.56. The summed E-state index contributed by atoms with van der Waals surface area (Å²) in [5, 5.41) is 0. The Labute approximate surface area is 114 Å². The molecule has 4 nitrogen and oxygen atoms in total. The van der Waals surface area contributed by atoms with Gasteiger partial charge in [0.15, 0.2) is 0 Å². The van der Waals surface area contributed by atoms with E-state index < -0.39 is 6.04 Å². The molecular weight excluding hydrogens is 242 g/mol. The molecule has 1 aromatic carbocycles. The van der Waals surface area contributed by atoms with E-state index in [1.54, 1.807) is 7.11 Å². The largest absolute Gasteiger partial charge is 0.464 e. The molecule has 0 aliphatic rings. The third-order valence-corrected chi connectivity index (χ3v) is 3.10. The molecule has 0 spiro atoms. The van der Waals surface area contributed by atoms with Crippen LogP contribution in [0.1, 0.15) is 25.8 Å². The molecule has 4 heteroatoms. The molecule has 106 valence electrons. The van der Waals surface area contributed by atoms with Gasteiger partial charge in [0.2, 0.25) is 0 Å². The molecular formula is C15H23NO3. The number of hydrogen-bond acceptors (Lipinski definition) is 4. The number of methoxy groups -OCH3 is 1. The summed E-state index contributed by atoms with van der Waals surface area (Å²) in [6, 6.07) is 9.05. The second kappa shape index (κ2) is 7.26. The van der Waals surface area contributed by atoms with Gasteiger partial charge in [0.25, 0.3) is 0 Å². The van der Waals surface area contributed by atoms with Crippen LogP contribution in [0.5, 0.6) is 0 Å². The van der Waals surface area contributed by atoms with Crippen molar-refractivity contribution in [3.05, 3.63) is 35.9 Å². The number of nitrogens with two attached hydrogens (primary N) is 1. The second-order valence-electron chi connectivity index (χ2n) is 5.18. The molecule has 0 radical (unpaired) electrons. The third-order valence-electron chi connectivity index (χ3n) is 3.10. The van der Waals surface area contributed by atoms with Crippen molar-refractivity contribution < 1.29 is 14.3 Å². The molecule has 0 aliphatic heterocycles. The topological polar surface area (TPSA) is 61.5 Å². The average molecular weight is 265 g/mol. The third kappa shape index (κ3) is 5.85. The van der Waals surface area contributed by atoms with Gasteiger partial charge in [-0.2, -0.15) is 0 Å². The van der Waals surface area contributed by atoms with Gasteiger partial charge in [-0.05, 0) is 25.8 Å². The van der Waals surface area contributed by atoms with Crippen LogP contribution in [0.2, 0.25) is 0 Å². The molecule has 19 heavy (non-hydrogen) atoms. The van der Waals surface area contributed by atoms with Crippen LogP contribution in [0.15, 0.2) is 30.3 Å². The van der Waals surface area contributed by atoms with Crippen molar-refractivity contribution in [1.29, 1.82) is 0 Å². The molecule has 0 aliphatic carbocycles. The highest BCUT2D eigenvalue weighted by Crippen LogP contribution is 2.12. The van der Waals surface area contributed by atoms with Crippen molar-refractivity contribution in [2.45, 2.75) is 38.3 Å². The summed E-state index contributed by atoms with van der Waals surface area (Å²) in [6.07, 6.45) is 1.14. The Kier molecular flexibility index (Phi) is 5.99. The van der Waals surface area contributed by atoms with Crippen LogP contribution < -0.4 is 5.73 Å². The summed E-state index contributed by atoms with van der Waals surface area (Å²) >= 11 is 0. The van der Waals surface area contributed by atoms with Gasteiger partial charge in [0.1, 0.15) is 6.04 Å². The highest BCUT2D eigenvalue weighted by molar-refractivity contribution is 5.75. The molecule has 0 fully saturated rings. The van der Waals surface area contributed by atoms with E-state index in [0.29, 0.717) is 19.4 Å². The molecule has 0 amide bonds. The Morgan fingerprint density at radius 2 is 1.95 bits per heavy atom. The Morgan fingerprint density at radius 1 is 1.32 bits per heavy atom. The zero-order valence-corrected chi connectivity index (χ0v) is 11.9. The van der Waals surface area contributed by atoms with Crippen LogP contribution in [0.3, 0.4) is 0 Å². The molecule has 0 unspecified atom stereocenters. The molecule has 0 aromatic heterocycles. The van der Waals surface area contributed by atoms with Gasteiger partial charge in [-0.3, -0.25) is 4.79 Å². The fourth-order valence-electron chi connectivity index (χ4n) is 1.56. The van der Waals surface area contributed by atoms with Crippen LogP contribution >= 0.6 is 0 Å². The Balaban J connectivity index is 2.33. The summed E-state index contributed by atoms with van der Waals surface area (Å²) in [4.78, 5) is 11.7. The fraction of sp³-hybridized carbons (Fsp3) is 0.533.